The van der Waals surface area contributed by atoms with Crippen LogP contribution >= 0.6 is 12.6 Å². The van der Waals surface area contributed by atoms with Gasteiger partial charge in [-0.25, -0.2) is 4.79 Å². The Morgan fingerprint density at radius 2 is 0.827 bits per heavy atom. The van der Waals surface area contributed by atoms with Crippen LogP contribution in [0.4, 0.5) is 0 Å². The molecule has 0 spiro atoms. The van der Waals surface area contributed by atoms with E-state index in [0.29, 0.717) is 36.9 Å². The molecule has 0 aliphatic heterocycles. The van der Waals surface area contributed by atoms with Crippen molar-refractivity contribution in [3.8, 4) is 11.5 Å². The number of phenolic OH excluding ortho intramolecular Hbond substituents is 2. The van der Waals surface area contributed by atoms with Gasteiger partial charge in [-0.2, -0.15) is 12.6 Å². The van der Waals surface area contributed by atoms with E-state index in [1.54, 1.807) is 13.8 Å². The summed E-state index contributed by atoms with van der Waals surface area (Å²) in [6.07, 6.45) is -0.125. The molecule has 0 aliphatic rings. The highest BCUT2D eigenvalue weighted by Gasteiger charge is 2.36. The normalized spacial score (nSPS) is 15.1. The Kier molecular flexibility index (Phi) is 30.7. The molecule has 0 fully saturated rings. The third-order valence-corrected chi connectivity index (χ3v) is 12.9. The zero-order valence-corrected chi connectivity index (χ0v) is 45.6. The number of aliphatic hydroxyl groups is 4. The van der Waals surface area contributed by atoms with Gasteiger partial charge in [-0.05, 0) is 67.1 Å². The Hall–Kier alpha value is -7.68. The number of aromatic hydroxyl groups is 2. The van der Waals surface area contributed by atoms with Gasteiger partial charge >= 0.3 is 5.97 Å². The molecule has 0 radical (unpaired) electrons. The Labute approximate surface area is 471 Å². The summed E-state index contributed by atoms with van der Waals surface area (Å²) in [6.45, 7) is -0.636. The molecule has 0 bridgehead atoms. The summed E-state index contributed by atoms with van der Waals surface area (Å²) in [7, 11) is 0. The van der Waals surface area contributed by atoms with Crippen molar-refractivity contribution in [1.82, 2.24) is 47.9 Å². The number of carbonyl (C=O) groups is 11. The number of carboxylic acid groups (broad SMARTS) is 1. The van der Waals surface area contributed by atoms with Crippen molar-refractivity contribution in [2.75, 3.05) is 38.7 Å². The monoisotopic (exact) mass is 1160 g/mol. The summed E-state index contributed by atoms with van der Waals surface area (Å²) >= 11 is 4.08. The number of hydrogen-bond donors (Lipinski definition) is 20. The molecule has 31 heteroatoms. The zero-order chi connectivity index (χ0) is 60.9. The van der Waals surface area contributed by atoms with Gasteiger partial charge in [-0.1, -0.05) is 51.0 Å². The smallest absolute Gasteiger partial charge is 0.326 e. The van der Waals surface area contributed by atoms with E-state index in [0.717, 1.165) is 0 Å². The minimum Gasteiger partial charge on any atom is -0.508 e. The van der Waals surface area contributed by atoms with E-state index in [2.05, 4.69) is 60.5 Å². The van der Waals surface area contributed by atoms with E-state index in [-0.39, 0.29) is 24.3 Å². The topological polar surface area (TPSA) is 516 Å². The van der Waals surface area contributed by atoms with Crippen LogP contribution < -0.4 is 65.1 Å². The van der Waals surface area contributed by atoms with Crippen LogP contribution in [0.5, 0.6) is 11.5 Å². The first kappa shape index (κ1) is 69.4. The Bertz CT molecular complexity index is 2440. The zero-order valence-electron chi connectivity index (χ0n) is 44.7. The first-order valence-corrected chi connectivity index (χ1v) is 26.3. The Morgan fingerprint density at radius 1 is 0.494 bits per heavy atom. The van der Waals surface area contributed by atoms with Crippen LogP contribution in [0, 0.1) is 5.92 Å². The number of thiol groups is 1. The molecule has 11 atom stereocenters. The van der Waals surface area contributed by atoms with Gasteiger partial charge in [0.2, 0.25) is 59.1 Å². The Balaban J connectivity index is 2.34. The molecule has 81 heavy (non-hydrogen) atoms. The number of amides is 10. The minimum absolute atomic E-state index is 0.119. The molecule has 0 unspecified atom stereocenters. The maximum Gasteiger partial charge on any atom is 0.326 e. The van der Waals surface area contributed by atoms with Crippen molar-refractivity contribution < 1.29 is 88.5 Å². The van der Waals surface area contributed by atoms with E-state index in [1.165, 1.54) is 48.5 Å². The number of aliphatic hydroxyl groups excluding tert-OH is 4. The van der Waals surface area contributed by atoms with Crippen LogP contribution in [0.2, 0.25) is 0 Å². The van der Waals surface area contributed by atoms with E-state index < -0.39 is 183 Å². The highest BCUT2D eigenvalue weighted by Crippen LogP contribution is 2.15. The second kappa shape index (κ2) is 35.8. The molecule has 0 heterocycles. The highest BCUT2D eigenvalue weighted by molar-refractivity contribution is 7.80. The Morgan fingerprint density at radius 3 is 1.19 bits per heavy atom. The lowest BCUT2D eigenvalue weighted by Gasteiger charge is -2.27. The standard InChI is InChI=1S/C50H76N12O18S/c1-3-25(2)40(50(79)80)62-44(73)33(19-27-9-13-29(68)14-10-27)56-46(75)36(22-65)59-43(72)32(18-26-7-11-28(67)12-8-26)55-45(74)35(21-64)58-42(71)31(15-16-39(53)69)54-49(78)38(24-81)61-48(77)37(23-66)60-47(76)34(20-63)57-41(70)30(52)6-4-5-17-51/h7-14,25,30-38,40,63-68,81H,3-6,15-24,51-52H2,1-2H3,(H2,53,69)(H,54,78)(H,55,74)(H,56,75)(H,57,70)(H,58,71)(H,59,72)(H,60,76)(H,61,77)(H,62,73)(H,79,80)/t25-,30-,31-,32-,33-,34-,35-,36-,37-,38-,40-/m0/s1. The van der Waals surface area contributed by atoms with Gasteiger partial charge < -0.3 is 101 Å². The number of primary amides is 1. The lowest BCUT2D eigenvalue weighted by molar-refractivity contribution is -0.144. The van der Waals surface area contributed by atoms with Crippen LogP contribution in [0.3, 0.4) is 0 Å². The van der Waals surface area contributed by atoms with E-state index in [9.17, 15) is 88.5 Å². The summed E-state index contributed by atoms with van der Waals surface area (Å²) in [5.41, 5.74) is 17.3. The largest absolute Gasteiger partial charge is 0.508 e. The molecule has 10 amide bonds. The van der Waals surface area contributed by atoms with Crippen molar-refractivity contribution in [3.05, 3.63) is 59.7 Å². The fourth-order valence-electron chi connectivity index (χ4n) is 7.44. The third kappa shape index (κ3) is 23.9. The van der Waals surface area contributed by atoms with E-state index in [4.69, 9.17) is 17.2 Å². The summed E-state index contributed by atoms with van der Waals surface area (Å²) in [6, 6.07) is -5.56. The van der Waals surface area contributed by atoms with E-state index >= 15 is 0 Å². The van der Waals surface area contributed by atoms with Gasteiger partial charge in [0.1, 0.15) is 65.9 Å². The summed E-state index contributed by atoms with van der Waals surface area (Å²) in [5, 5.41) is 90.5. The SMILES string of the molecule is CC[C@H](C)[C@H](NC(=O)[C@H](Cc1ccc(O)cc1)NC(=O)[C@H](CO)NC(=O)[C@H](Cc1ccc(O)cc1)NC(=O)[C@H](CO)NC(=O)[C@H](CCC(N)=O)NC(=O)[C@H](CS)NC(=O)[C@H](CO)NC(=O)[C@H](CO)NC(=O)[C@@H](N)CCCCN)C(=O)O. The number of carbonyl (C=O) groups excluding carboxylic acids is 10. The maximum absolute atomic E-state index is 14.1. The lowest BCUT2D eigenvalue weighted by atomic mass is 9.98. The average molecular weight is 1170 g/mol. The predicted molar refractivity (Wildman–Crippen MR) is 290 cm³/mol. The lowest BCUT2D eigenvalue weighted by Crippen LogP contribution is -2.62. The third-order valence-electron chi connectivity index (χ3n) is 12.5. The molecular formula is C50H76N12O18S. The van der Waals surface area contributed by atoms with Gasteiger partial charge in [0.15, 0.2) is 0 Å². The molecule has 30 nitrogen and oxygen atoms in total. The van der Waals surface area contributed by atoms with Crippen LogP contribution in [-0.2, 0) is 65.6 Å². The van der Waals surface area contributed by atoms with Gasteiger partial charge in [-0.3, -0.25) is 47.9 Å². The number of benzene rings is 2. The molecule has 0 saturated heterocycles. The van der Waals surface area contributed by atoms with Crippen molar-refractivity contribution in [2.45, 2.75) is 126 Å². The van der Waals surface area contributed by atoms with Gasteiger partial charge in [0.05, 0.1) is 32.5 Å². The number of aliphatic carboxylic acids is 1. The predicted octanol–water partition coefficient (Wildman–Crippen LogP) is -7.00. The number of unbranched alkanes of at least 4 members (excludes halogenated alkanes) is 1. The number of phenols is 2. The number of carboxylic acids is 1. The number of rotatable bonds is 37. The minimum atomic E-state index is -1.93. The molecule has 2 aromatic rings. The maximum atomic E-state index is 14.1. The van der Waals surface area contributed by atoms with Crippen LogP contribution in [0.25, 0.3) is 0 Å². The van der Waals surface area contributed by atoms with Crippen molar-refractivity contribution in [1.29, 1.82) is 0 Å². The molecule has 0 aliphatic carbocycles. The molecule has 0 aromatic heterocycles. The summed E-state index contributed by atoms with van der Waals surface area (Å²) < 4.78 is 0. The van der Waals surface area contributed by atoms with Gasteiger partial charge in [0, 0.05) is 25.0 Å². The molecule has 2 rings (SSSR count). The molecule has 2 aromatic carbocycles. The van der Waals surface area contributed by atoms with Crippen molar-refractivity contribution in [3.63, 3.8) is 0 Å². The van der Waals surface area contributed by atoms with Gasteiger partial charge in [0.25, 0.3) is 0 Å². The number of hydrogen-bond acceptors (Lipinski definition) is 20. The van der Waals surface area contributed by atoms with E-state index in [1.807, 2.05) is 0 Å². The molecule has 0 saturated carbocycles. The number of nitrogens with two attached hydrogens (primary N) is 3. The molecular weight excluding hydrogens is 1090 g/mol. The highest BCUT2D eigenvalue weighted by atomic mass is 32.1. The van der Waals surface area contributed by atoms with Crippen LogP contribution in [-0.4, -0.2) is 200 Å². The first-order valence-electron chi connectivity index (χ1n) is 25.7. The quantitative estimate of drug-likeness (QED) is 0.0221. The van der Waals surface area contributed by atoms with Crippen LogP contribution in [0.15, 0.2) is 48.5 Å². The average Bonchev–Trinajstić information content (AvgIpc) is 3.45. The van der Waals surface area contributed by atoms with Crippen molar-refractivity contribution in [2.24, 2.45) is 23.1 Å². The molecule has 450 valence electrons. The van der Waals surface area contributed by atoms with Gasteiger partial charge in [-0.15, -0.1) is 0 Å². The molecule has 22 N–H and O–H groups in total. The van der Waals surface area contributed by atoms with Crippen molar-refractivity contribution >= 4 is 77.7 Å². The second-order valence-corrected chi connectivity index (χ2v) is 19.1. The summed E-state index contributed by atoms with van der Waals surface area (Å²) in [4.78, 5) is 145. The second-order valence-electron chi connectivity index (χ2n) is 18.7. The summed E-state index contributed by atoms with van der Waals surface area (Å²) in [5.74, 6) is -13.6. The fraction of sp³-hybridized carbons (Fsp3) is 0.540. The number of nitrogens with one attached hydrogen (secondary N) is 9. The first-order chi connectivity index (χ1) is 38.4. The van der Waals surface area contributed by atoms with Crippen LogP contribution in [0.1, 0.15) is 63.5 Å². The fourth-order valence-corrected chi connectivity index (χ4v) is 7.70.